The molecule has 0 saturated carbocycles. The highest BCUT2D eigenvalue weighted by molar-refractivity contribution is 7.98. The van der Waals surface area contributed by atoms with Gasteiger partial charge in [-0.05, 0) is 59.7 Å². The van der Waals surface area contributed by atoms with Crippen molar-refractivity contribution in [2.75, 3.05) is 6.61 Å². The number of halogens is 2. The van der Waals surface area contributed by atoms with E-state index in [4.69, 9.17) is 27.9 Å². The largest absolute Gasteiger partial charge is 0.452 e. The summed E-state index contributed by atoms with van der Waals surface area (Å²) in [7, 11) is 0. The summed E-state index contributed by atoms with van der Waals surface area (Å²) in [6, 6.07) is 21.9. The summed E-state index contributed by atoms with van der Waals surface area (Å²) in [5.74, 6) is -0.132. The van der Waals surface area contributed by atoms with Gasteiger partial charge in [-0.25, -0.2) is 4.79 Å². The Balaban J connectivity index is 1.41. The van der Waals surface area contributed by atoms with Crippen LogP contribution in [0.4, 0.5) is 0 Å². The maximum atomic E-state index is 12.1. The molecule has 0 bridgehead atoms. The molecular formula is C23H19Cl2NO3S. The molecule has 3 aromatic carbocycles. The minimum atomic E-state index is -0.534. The minimum absolute atomic E-state index is 0.333. The molecule has 7 heteroatoms. The topological polar surface area (TPSA) is 55.4 Å². The van der Waals surface area contributed by atoms with Crippen molar-refractivity contribution in [1.29, 1.82) is 0 Å². The highest BCUT2D eigenvalue weighted by Crippen LogP contribution is 2.24. The van der Waals surface area contributed by atoms with E-state index in [1.807, 2.05) is 48.5 Å². The van der Waals surface area contributed by atoms with Gasteiger partial charge in [-0.15, -0.1) is 11.8 Å². The summed E-state index contributed by atoms with van der Waals surface area (Å²) in [4.78, 5) is 25.2. The van der Waals surface area contributed by atoms with Crippen molar-refractivity contribution < 1.29 is 14.3 Å². The van der Waals surface area contributed by atoms with Crippen LogP contribution < -0.4 is 5.32 Å². The minimum Gasteiger partial charge on any atom is -0.452 e. The Labute approximate surface area is 189 Å². The first-order valence-electron chi connectivity index (χ1n) is 9.15. The number of carbonyl (C=O) groups excluding carboxylic acids is 2. The van der Waals surface area contributed by atoms with Crippen LogP contribution in [-0.4, -0.2) is 18.5 Å². The molecule has 0 aromatic heterocycles. The van der Waals surface area contributed by atoms with Crippen molar-refractivity contribution in [2.24, 2.45) is 0 Å². The molecule has 0 spiro atoms. The summed E-state index contributed by atoms with van der Waals surface area (Å²) in [6.45, 7) is 0.00806. The number of carbonyl (C=O) groups is 2. The van der Waals surface area contributed by atoms with E-state index in [9.17, 15) is 9.59 Å². The van der Waals surface area contributed by atoms with Crippen LogP contribution in [0.3, 0.4) is 0 Å². The van der Waals surface area contributed by atoms with Gasteiger partial charge in [0.15, 0.2) is 6.61 Å². The molecule has 30 heavy (non-hydrogen) atoms. The maximum Gasteiger partial charge on any atom is 0.338 e. The van der Waals surface area contributed by atoms with E-state index in [-0.39, 0.29) is 12.5 Å². The second kappa shape index (κ2) is 11.1. The second-order valence-corrected chi connectivity index (χ2v) is 8.34. The fourth-order valence-electron chi connectivity index (χ4n) is 2.50. The monoisotopic (exact) mass is 459 g/mol. The van der Waals surface area contributed by atoms with E-state index < -0.39 is 5.97 Å². The number of hydrogen-bond donors (Lipinski definition) is 1. The molecule has 0 aliphatic carbocycles. The summed E-state index contributed by atoms with van der Waals surface area (Å²) in [5, 5.41) is 4.04. The highest BCUT2D eigenvalue weighted by Gasteiger charge is 2.10. The van der Waals surface area contributed by atoms with Gasteiger partial charge in [0.05, 0.1) is 5.56 Å². The summed E-state index contributed by atoms with van der Waals surface area (Å²) >= 11 is 13.4. The highest BCUT2D eigenvalue weighted by atomic mass is 35.5. The Morgan fingerprint density at radius 1 is 0.800 bits per heavy atom. The van der Waals surface area contributed by atoms with Crippen LogP contribution in [0.1, 0.15) is 21.5 Å². The van der Waals surface area contributed by atoms with Crippen LogP contribution in [0.5, 0.6) is 0 Å². The summed E-state index contributed by atoms with van der Waals surface area (Å²) in [6.07, 6.45) is 0. The molecule has 0 atom stereocenters. The Kier molecular flexibility index (Phi) is 8.20. The lowest BCUT2D eigenvalue weighted by Crippen LogP contribution is -2.28. The van der Waals surface area contributed by atoms with Gasteiger partial charge in [-0.2, -0.15) is 0 Å². The lowest BCUT2D eigenvalue weighted by atomic mass is 10.1. The quantitative estimate of drug-likeness (QED) is 0.343. The third-order valence-electron chi connectivity index (χ3n) is 4.15. The van der Waals surface area contributed by atoms with Crippen LogP contribution in [0.2, 0.25) is 10.0 Å². The van der Waals surface area contributed by atoms with Gasteiger partial charge in [-0.1, -0.05) is 47.5 Å². The van der Waals surface area contributed by atoms with Crippen LogP contribution in [0.15, 0.2) is 77.7 Å². The predicted molar refractivity (Wildman–Crippen MR) is 121 cm³/mol. The number of ether oxygens (including phenoxy) is 1. The number of thioether (sulfide) groups is 1. The molecule has 3 rings (SSSR count). The average molecular weight is 460 g/mol. The number of hydrogen-bond acceptors (Lipinski definition) is 4. The second-order valence-electron chi connectivity index (χ2n) is 6.42. The van der Waals surface area contributed by atoms with Gasteiger partial charge in [-0.3, -0.25) is 4.79 Å². The predicted octanol–water partition coefficient (Wildman–Crippen LogP) is 5.76. The van der Waals surface area contributed by atoms with Crippen molar-refractivity contribution in [3.63, 3.8) is 0 Å². The zero-order valence-electron chi connectivity index (χ0n) is 15.9. The lowest BCUT2D eigenvalue weighted by molar-refractivity contribution is -0.124. The van der Waals surface area contributed by atoms with Crippen molar-refractivity contribution in [3.05, 3.63) is 99.5 Å². The molecule has 0 unspecified atom stereocenters. The summed E-state index contributed by atoms with van der Waals surface area (Å²) in [5.41, 5.74) is 2.39. The Bertz CT molecular complexity index is 990. The maximum absolute atomic E-state index is 12.1. The van der Waals surface area contributed by atoms with Gasteiger partial charge >= 0.3 is 5.97 Å². The third-order valence-corrected chi connectivity index (χ3v) is 5.73. The van der Waals surface area contributed by atoms with E-state index in [1.54, 1.807) is 36.0 Å². The molecule has 0 aliphatic rings. The van der Waals surface area contributed by atoms with E-state index in [1.165, 1.54) is 0 Å². The van der Waals surface area contributed by atoms with E-state index >= 15 is 0 Å². The van der Waals surface area contributed by atoms with Crippen molar-refractivity contribution in [1.82, 2.24) is 5.32 Å². The number of rotatable bonds is 8. The Hall–Kier alpha value is -2.47. The number of esters is 1. The van der Waals surface area contributed by atoms with Gasteiger partial charge < -0.3 is 10.1 Å². The smallest absolute Gasteiger partial charge is 0.338 e. The average Bonchev–Trinajstić information content (AvgIpc) is 2.77. The summed E-state index contributed by atoms with van der Waals surface area (Å²) < 4.78 is 5.09. The standard InChI is InChI=1S/C23H19Cl2NO3S/c24-19-7-3-16(4-8-19)13-26-22(27)14-29-23(28)18-5-1-17(2-6-18)15-30-21-11-9-20(25)10-12-21/h1-12H,13-15H2,(H,26,27). The van der Waals surface area contributed by atoms with Crippen LogP contribution in [0, 0.1) is 0 Å². The molecule has 1 N–H and O–H groups in total. The molecule has 0 radical (unpaired) electrons. The third kappa shape index (κ3) is 7.10. The molecule has 4 nitrogen and oxygen atoms in total. The first-order valence-corrected chi connectivity index (χ1v) is 10.9. The molecule has 1 amide bonds. The SMILES string of the molecule is O=C(COC(=O)c1ccc(CSc2ccc(Cl)cc2)cc1)NCc1ccc(Cl)cc1. The molecule has 0 saturated heterocycles. The van der Waals surface area contributed by atoms with Gasteiger partial charge in [0, 0.05) is 27.2 Å². The number of benzene rings is 3. The Morgan fingerprint density at radius 2 is 1.37 bits per heavy atom. The molecule has 0 aliphatic heterocycles. The first-order chi connectivity index (χ1) is 14.5. The van der Waals surface area contributed by atoms with E-state index in [0.717, 1.165) is 21.8 Å². The van der Waals surface area contributed by atoms with Gasteiger partial charge in [0.1, 0.15) is 0 Å². The van der Waals surface area contributed by atoms with E-state index in [2.05, 4.69) is 5.32 Å². The molecule has 0 fully saturated rings. The van der Waals surface area contributed by atoms with Crippen molar-refractivity contribution >= 4 is 46.8 Å². The van der Waals surface area contributed by atoms with Crippen LogP contribution in [-0.2, 0) is 21.8 Å². The molecule has 3 aromatic rings. The van der Waals surface area contributed by atoms with Crippen LogP contribution >= 0.6 is 35.0 Å². The zero-order chi connectivity index (χ0) is 21.3. The van der Waals surface area contributed by atoms with Gasteiger partial charge in [0.25, 0.3) is 5.91 Å². The molecule has 154 valence electrons. The molecular weight excluding hydrogens is 441 g/mol. The van der Waals surface area contributed by atoms with Crippen molar-refractivity contribution in [2.45, 2.75) is 17.2 Å². The number of nitrogens with one attached hydrogen (secondary N) is 1. The zero-order valence-corrected chi connectivity index (χ0v) is 18.3. The molecule has 0 heterocycles. The van der Waals surface area contributed by atoms with Crippen molar-refractivity contribution in [3.8, 4) is 0 Å². The lowest BCUT2D eigenvalue weighted by Gasteiger charge is -2.08. The van der Waals surface area contributed by atoms with Gasteiger partial charge in [0.2, 0.25) is 0 Å². The Morgan fingerprint density at radius 3 is 2.00 bits per heavy atom. The van der Waals surface area contributed by atoms with Crippen LogP contribution in [0.25, 0.3) is 0 Å². The normalized spacial score (nSPS) is 10.5. The first kappa shape index (κ1) is 22.2. The number of amides is 1. The fourth-order valence-corrected chi connectivity index (χ4v) is 3.61. The van der Waals surface area contributed by atoms with E-state index in [0.29, 0.717) is 22.2 Å². The fraction of sp³-hybridized carbons (Fsp3) is 0.130.